The molecule has 0 amide bonds. The van der Waals surface area contributed by atoms with Crippen molar-refractivity contribution >= 4 is 62.3 Å². The maximum absolute atomic E-state index is 14.6. The van der Waals surface area contributed by atoms with Gasteiger partial charge in [0.15, 0.2) is 0 Å². The minimum absolute atomic E-state index is 0.220. The zero-order valence-corrected chi connectivity index (χ0v) is 26.7. The predicted octanol–water partition coefficient (Wildman–Crippen LogP) is 9.84. The lowest BCUT2D eigenvalue weighted by Crippen LogP contribution is -1.94. The Bertz CT molecular complexity index is 2890. The Balaban J connectivity index is 1.55. The first kappa shape index (κ1) is 32.6. The number of fused-ring (bicyclic) bond motifs is 9. The van der Waals surface area contributed by atoms with E-state index in [4.69, 9.17) is 4.98 Å². The van der Waals surface area contributed by atoms with Crippen molar-refractivity contribution in [1.82, 2.24) is 19.9 Å². The molecule has 1 aliphatic rings. The van der Waals surface area contributed by atoms with Gasteiger partial charge in [0, 0.05) is 62.5 Å². The minimum Gasteiger partial charge on any atom is -0.354 e. The van der Waals surface area contributed by atoms with Crippen LogP contribution in [0.1, 0.15) is 11.4 Å². The number of nitrogens with one attached hydrogen (secondary N) is 3. The van der Waals surface area contributed by atoms with Crippen LogP contribution in [0.5, 0.6) is 0 Å². The summed E-state index contributed by atoms with van der Waals surface area (Å²) in [5.74, 6) is -3.12. The van der Waals surface area contributed by atoms with Crippen molar-refractivity contribution in [3.05, 3.63) is 150 Å². The average Bonchev–Trinajstić information content (AvgIpc) is 3.96. The third kappa shape index (κ3) is 5.59. The van der Waals surface area contributed by atoms with Crippen LogP contribution in [-0.4, -0.2) is 34.7 Å². The summed E-state index contributed by atoms with van der Waals surface area (Å²) in [5.41, 5.74) is 2.84. The van der Waals surface area contributed by atoms with E-state index in [-0.39, 0.29) is 16.7 Å². The third-order valence-corrected chi connectivity index (χ3v) is 8.87. The first-order chi connectivity index (χ1) is 25.5. The summed E-state index contributed by atoms with van der Waals surface area (Å²) in [6.07, 6.45) is 3.37. The van der Waals surface area contributed by atoms with E-state index in [2.05, 4.69) is 15.0 Å². The van der Waals surface area contributed by atoms with Crippen molar-refractivity contribution in [2.75, 3.05) is 0 Å². The number of H-pyrrole nitrogens is 3. The fraction of sp³-hybridized carbons (Fsp3) is 0. The van der Waals surface area contributed by atoms with E-state index in [1.54, 1.807) is 48.6 Å². The van der Waals surface area contributed by atoms with Gasteiger partial charge in [0.05, 0.1) is 31.7 Å². The number of hydrogen-bond acceptors (Lipinski definition) is 7. The van der Waals surface area contributed by atoms with Crippen LogP contribution in [0.25, 0.3) is 78.6 Å². The lowest BCUT2D eigenvalue weighted by atomic mass is 10.0. The monoisotopic (exact) mass is 715 g/mol. The summed E-state index contributed by atoms with van der Waals surface area (Å²) < 4.78 is 43.6. The number of nitro groups is 3. The molecule has 4 aromatic heterocycles. The molecule has 53 heavy (non-hydrogen) atoms. The molecule has 16 heteroatoms. The van der Waals surface area contributed by atoms with Crippen LogP contribution in [-0.2, 0) is 0 Å². The highest BCUT2D eigenvalue weighted by Crippen LogP contribution is 2.38. The molecule has 0 radical (unpaired) electrons. The summed E-state index contributed by atoms with van der Waals surface area (Å²) in [7, 11) is 0. The van der Waals surface area contributed by atoms with E-state index >= 15 is 0 Å². The number of rotatable bonds is 6. The molecule has 3 N–H and O–H groups in total. The van der Waals surface area contributed by atoms with Gasteiger partial charge in [-0.15, -0.1) is 0 Å². The molecule has 0 fully saturated rings. The van der Waals surface area contributed by atoms with Crippen LogP contribution in [0, 0.1) is 47.8 Å². The first-order valence-corrected chi connectivity index (χ1v) is 15.6. The van der Waals surface area contributed by atoms with E-state index in [9.17, 15) is 43.5 Å². The third-order valence-electron chi connectivity index (χ3n) is 8.87. The zero-order chi connectivity index (χ0) is 37.1. The lowest BCUT2D eigenvalue weighted by molar-refractivity contribution is -0.387. The number of nitro benzene ring substituents is 3. The van der Waals surface area contributed by atoms with Crippen molar-refractivity contribution in [1.29, 1.82) is 0 Å². The summed E-state index contributed by atoms with van der Waals surface area (Å²) in [4.78, 5) is 47.4. The van der Waals surface area contributed by atoms with Gasteiger partial charge in [0.1, 0.15) is 0 Å². The van der Waals surface area contributed by atoms with Crippen LogP contribution in [0.4, 0.5) is 30.2 Å². The Morgan fingerprint density at radius 1 is 0.434 bits per heavy atom. The van der Waals surface area contributed by atoms with Crippen LogP contribution >= 0.6 is 0 Å². The van der Waals surface area contributed by atoms with Crippen molar-refractivity contribution in [2.24, 2.45) is 0 Å². The summed E-state index contributed by atoms with van der Waals surface area (Å²) in [6, 6.07) is 20.4. The van der Waals surface area contributed by atoms with Crippen molar-refractivity contribution in [3.8, 4) is 33.4 Å². The molecular formula is C37H20F3N7O6. The molecule has 260 valence electrons. The molecule has 8 rings (SSSR count). The topological polar surface area (TPSA) is 190 Å². The molecule has 0 saturated heterocycles. The molecule has 0 saturated carbocycles. The quantitative estimate of drug-likeness (QED) is 0.113. The van der Waals surface area contributed by atoms with Gasteiger partial charge in [-0.2, -0.15) is 13.2 Å². The highest BCUT2D eigenvalue weighted by Gasteiger charge is 2.22. The van der Waals surface area contributed by atoms with Gasteiger partial charge in [-0.1, -0.05) is 18.2 Å². The molecule has 3 aromatic carbocycles. The second-order valence-corrected chi connectivity index (χ2v) is 12.0. The van der Waals surface area contributed by atoms with Crippen LogP contribution in [0.15, 0.2) is 91.0 Å². The Morgan fingerprint density at radius 3 is 1.15 bits per heavy atom. The second kappa shape index (κ2) is 12.3. The van der Waals surface area contributed by atoms with Crippen molar-refractivity contribution in [3.63, 3.8) is 0 Å². The SMILES string of the molecule is O=[N+]([O-])c1cc(-c2c3nc(c4ccc([nH]4)c(-c4ccc(F)c([N+](=O)[O-])c4)c4ccc([nH]4)c(-c4ccc(F)c([N+](=O)[O-])c4)c4ccc2[nH]4)C=C3)ccc1F. The number of aromatic amines is 3. The molecule has 8 bridgehead atoms. The van der Waals surface area contributed by atoms with Crippen molar-refractivity contribution in [2.45, 2.75) is 0 Å². The van der Waals surface area contributed by atoms with Gasteiger partial charge in [0.2, 0.25) is 17.5 Å². The van der Waals surface area contributed by atoms with E-state index in [0.717, 1.165) is 36.4 Å². The summed E-state index contributed by atoms with van der Waals surface area (Å²) in [5, 5.41) is 35.3. The fourth-order valence-corrected chi connectivity index (χ4v) is 6.49. The number of nitrogens with zero attached hydrogens (tertiary/aromatic N) is 4. The van der Waals surface area contributed by atoms with E-state index in [1.165, 1.54) is 18.2 Å². The van der Waals surface area contributed by atoms with Gasteiger partial charge in [-0.25, -0.2) is 4.98 Å². The number of hydrogen-bond donors (Lipinski definition) is 3. The molecule has 13 nitrogen and oxygen atoms in total. The van der Waals surface area contributed by atoms with Gasteiger partial charge >= 0.3 is 17.1 Å². The number of aromatic nitrogens is 4. The smallest absolute Gasteiger partial charge is 0.305 e. The fourth-order valence-electron chi connectivity index (χ4n) is 6.49. The Hall–Kier alpha value is -7.62. The highest BCUT2D eigenvalue weighted by molar-refractivity contribution is 6.00. The Morgan fingerprint density at radius 2 is 0.755 bits per heavy atom. The molecule has 7 aromatic rings. The molecular weight excluding hydrogens is 695 g/mol. The highest BCUT2D eigenvalue weighted by atomic mass is 19.1. The molecule has 0 unspecified atom stereocenters. The van der Waals surface area contributed by atoms with Gasteiger partial charge in [0.25, 0.3) is 0 Å². The zero-order valence-electron chi connectivity index (χ0n) is 26.7. The van der Waals surface area contributed by atoms with Gasteiger partial charge in [-0.3, -0.25) is 30.3 Å². The van der Waals surface area contributed by atoms with Crippen LogP contribution in [0.2, 0.25) is 0 Å². The largest absolute Gasteiger partial charge is 0.354 e. The molecule has 0 aliphatic carbocycles. The molecule has 0 atom stereocenters. The average molecular weight is 716 g/mol. The van der Waals surface area contributed by atoms with E-state index in [1.807, 2.05) is 0 Å². The maximum atomic E-state index is 14.6. The Kier molecular flexibility index (Phi) is 7.56. The Labute approximate surface area is 293 Å². The van der Waals surface area contributed by atoms with Crippen LogP contribution < -0.4 is 0 Å². The second-order valence-electron chi connectivity index (χ2n) is 12.0. The predicted molar refractivity (Wildman–Crippen MR) is 191 cm³/mol. The van der Waals surface area contributed by atoms with Gasteiger partial charge in [-0.05, 0) is 83.4 Å². The first-order valence-electron chi connectivity index (χ1n) is 15.6. The molecule has 1 aliphatic heterocycles. The standard InChI is InChI=1S/C37H20F3N7O6/c38-21-4-1-18(15-32(21)45(48)49)35-26-9-7-24(41-26)25-8-10-27(42-25)36(19-2-5-22(39)33(16-19)46(50)51)29-12-14-31(44-29)37(30-13-11-28(35)43-30)20-3-6-23(40)34(17-20)47(52)53/h1-17,41,43-44H. The summed E-state index contributed by atoms with van der Waals surface area (Å²) >= 11 is 0. The number of benzene rings is 3. The maximum Gasteiger partial charge on any atom is 0.305 e. The summed E-state index contributed by atoms with van der Waals surface area (Å²) in [6.45, 7) is 0. The van der Waals surface area contributed by atoms with E-state index in [0.29, 0.717) is 61.2 Å². The number of halogens is 3. The lowest BCUT2D eigenvalue weighted by Gasteiger charge is -2.06. The van der Waals surface area contributed by atoms with E-state index < -0.39 is 49.3 Å². The van der Waals surface area contributed by atoms with Crippen LogP contribution in [0.3, 0.4) is 0 Å². The normalized spacial score (nSPS) is 11.7. The minimum atomic E-state index is -1.06. The molecule has 0 spiro atoms. The van der Waals surface area contributed by atoms with Gasteiger partial charge < -0.3 is 15.0 Å². The molecule has 5 heterocycles. The van der Waals surface area contributed by atoms with Crippen molar-refractivity contribution < 1.29 is 27.9 Å².